The van der Waals surface area contributed by atoms with E-state index in [1.54, 1.807) is 0 Å². The molecular formula is C18H36. The minimum absolute atomic E-state index is 0. The van der Waals surface area contributed by atoms with E-state index in [0.717, 1.165) is 25.7 Å². The van der Waals surface area contributed by atoms with Gasteiger partial charge in [-0.3, -0.25) is 0 Å². The van der Waals surface area contributed by atoms with Gasteiger partial charge in [-0.2, -0.15) is 0 Å². The first kappa shape index (κ1) is 36.0. The molecule has 18 heavy (non-hydrogen) atoms. The van der Waals surface area contributed by atoms with E-state index in [1.807, 2.05) is 6.92 Å². The molecule has 0 aromatic rings. The van der Waals surface area contributed by atoms with E-state index in [-0.39, 0.29) is 22.3 Å². The molecule has 0 saturated heterocycles. The van der Waals surface area contributed by atoms with Crippen LogP contribution in [-0.4, -0.2) is 0 Å². The molecule has 0 heteroatoms. The van der Waals surface area contributed by atoms with E-state index in [0.29, 0.717) is 0 Å². The van der Waals surface area contributed by atoms with Gasteiger partial charge in [-0.1, -0.05) is 49.5 Å². The fourth-order valence-electron chi connectivity index (χ4n) is 0.423. The SMILES string of the molecule is C.C.C.C#CCC.C#CCCC.C#CCCCC. The van der Waals surface area contributed by atoms with E-state index >= 15 is 0 Å². The maximum Gasteiger partial charge on any atom is 0.00859 e. The van der Waals surface area contributed by atoms with Crippen molar-refractivity contribution in [2.24, 2.45) is 0 Å². The van der Waals surface area contributed by atoms with Crippen LogP contribution in [0.1, 0.15) is 81.6 Å². The fraction of sp³-hybridized carbons (Fsp3) is 0.667. The lowest BCUT2D eigenvalue weighted by Gasteiger charge is -1.79. The Balaban J connectivity index is -0.0000000282. The predicted molar refractivity (Wildman–Crippen MR) is 91.4 cm³/mol. The molecule has 0 spiro atoms. The number of terminal acetylenes is 3. The van der Waals surface area contributed by atoms with Crippen LogP contribution in [0.5, 0.6) is 0 Å². The normalized spacial score (nSPS) is 5.33. The summed E-state index contributed by atoms with van der Waals surface area (Å²) in [6.45, 7) is 6.15. The van der Waals surface area contributed by atoms with Crippen LogP contribution < -0.4 is 0 Å². The molecule has 0 radical (unpaired) electrons. The van der Waals surface area contributed by atoms with Crippen molar-refractivity contribution in [2.45, 2.75) is 81.6 Å². The van der Waals surface area contributed by atoms with Crippen LogP contribution in [0.15, 0.2) is 0 Å². The summed E-state index contributed by atoms with van der Waals surface area (Å²) in [5.41, 5.74) is 0. The minimum atomic E-state index is 0. The van der Waals surface area contributed by atoms with Gasteiger partial charge in [0.05, 0.1) is 0 Å². The molecule has 0 aromatic carbocycles. The standard InChI is InChI=1S/C6H10.C5H8.C4H6.3CH4/c1-3-5-6-4-2;1-3-5-4-2;1-3-4-2;;;/h1H,4-6H2,2H3;1H,4-5H2,2H3;1H,4H2,2H3;3*1H4. The molecule has 0 aliphatic carbocycles. The van der Waals surface area contributed by atoms with Crippen LogP contribution in [0, 0.1) is 37.0 Å². The van der Waals surface area contributed by atoms with E-state index in [9.17, 15) is 0 Å². The van der Waals surface area contributed by atoms with Crippen molar-refractivity contribution in [3.05, 3.63) is 0 Å². The highest BCUT2D eigenvalue weighted by molar-refractivity contribution is 4.82. The molecule has 0 unspecified atom stereocenters. The van der Waals surface area contributed by atoms with Gasteiger partial charge in [0.1, 0.15) is 0 Å². The summed E-state index contributed by atoms with van der Waals surface area (Å²) >= 11 is 0. The Hall–Kier alpha value is -1.32. The molecule has 0 bridgehead atoms. The summed E-state index contributed by atoms with van der Waals surface area (Å²) in [7, 11) is 0. The molecule has 0 aliphatic rings. The molecule has 0 aliphatic heterocycles. The van der Waals surface area contributed by atoms with Crippen molar-refractivity contribution in [3.8, 4) is 37.0 Å². The molecule has 0 N–H and O–H groups in total. The highest BCUT2D eigenvalue weighted by Crippen LogP contribution is 1.88. The lowest BCUT2D eigenvalue weighted by Crippen LogP contribution is -1.62. The smallest absolute Gasteiger partial charge is 0.00859 e. The molecule has 0 nitrogen and oxygen atoms in total. The molecule has 108 valence electrons. The van der Waals surface area contributed by atoms with E-state index in [1.165, 1.54) is 12.8 Å². The molecule has 0 atom stereocenters. The Morgan fingerprint density at radius 2 is 1.06 bits per heavy atom. The molecule has 0 saturated carbocycles. The number of rotatable bonds is 3. The zero-order valence-electron chi connectivity index (χ0n) is 10.5. The van der Waals surface area contributed by atoms with Crippen molar-refractivity contribution < 1.29 is 0 Å². The second-order valence-corrected chi connectivity index (χ2v) is 2.82. The van der Waals surface area contributed by atoms with Gasteiger partial charge >= 0.3 is 0 Å². The third kappa shape index (κ3) is 125. The Morgan fingerprint density at radius 1 is 0.667 bits per heavy atom. The van der Waals surface area contributed by atoms with Crippen LogP contribution in [0.3, 0.4) is 0 Å². The first-order valence-electron chi connectivity index (χ1n) is 5.55. The van der Waals surface area contributed by atoms with Gasteiger partial charge in [0.25, 0.3) is 0 Å². The first-order valence-corrected chi connectivity index (χ1v) is 5.55. The lowest BCUT2D eigenvalue weighted by atomic mass is 10.3. The zero-order chi connectivity index (χ0) is 12.4. The summed E-state index contributed by atoms with van der Waals surface area (Å²) in [6.07, 6.45) is 20.8. The lowest BCUT2D eigenvalue weighted by molar-refractivity contribution is 0.828. The molecular weight excluding hydrogens is 216 g/mol. The van der Waals surface area contributed by atoms with Crippen molar-refractivity contribution in [1.82, 2.24) is 0 Å². The van der Waals surface area contributed by atoms with E-state index in [2.05, 4.69) is 31.6 Å². The predicted octanol–water partition coefficient (Wildman–Crippen LogP) is 6.17. The van der Waals surface area contributed by atoms with Gasteiger partial charge in [0.2, 0.25) is 0 Å². The largest absolute Gasteiger partial charge is 0.120 e. The summed E-state index contributed by atoms with van der Waals surface area (Å²) in [4.78, 5) is 0. The van der Waals surface area contributed by atoms with Crippen LogP contribution in [0.25, 0.3) is 0 Å². The summed E-state index contributed by atoms with van der Waals surface area (Å²) < 4.78 is 0. The minimum Gasteiger partial charge on any atom is -0.120 e. The Morgan fingerprint density at radius 3 is 1.11 bits per heavy atom. The fourth-order valence-corrected chi connectivity index (χ4v) is 0.423. The molecule has 0 rings (SSSR count). The number of hydrogen-bond acceptors (Lipinski definition) is 0. The van der Waals surface area contributed by atoms with Crippen LogP contribution in [0.2, 0.25) is 0 Å². The van der Waals surface area contributed by atoms with Gasteiger partial charge < -0.3 is 0 Å². The maximum atomic E-state index is 4.96. The van der Waals surface area contributed by atoms with Crippen LogP contribution in [-0.2, 0) is 0 Å². The Bertz CT molecular complexity index is 192. The highest BCUT2D eigenvalue weighted by Gasteiger charge is 1.71. The van der Waals surface area contributed by atoms with E-state index in [4.69, 9.17) is 19.3 Å². The van der Waals surface area contributed by atoms with Crippen LogP contribution in [0.4, 0.5) is 0 Å². The highest BCUT2D eigenvalue weighted by atomic mass is 13.8. The van der Waals surface area contributed by atoms with Gasteiger partial charge in [-0.25, -0.2) is 0 Å². The third-order valence-corrected chi connectivity index (χ3v) is 1.27. The van der Waals surface area contributed by atoms with Crippen molar-refractivity contribution >= 4 is 0 Å². The average Bonchev–Trinajstić information content (AvgIpc) is 2.28. The second-order valence-electron chi connectivity index (χ2n) is 2.82. The molecule has 0 heterocycles. The molecule has 0 aromatic heterocycles. The van der Waals surface area contributed by atoms with Gasteiger partial charge in [0.15, 0.2) is 0 Å². The Labute approximate surface area is 119 Å². The van der Waals surface area contributed by atoms with Crippen molar-refractivity contribution in [3.63, 3.8) is 0 Å². The first-order chi connectivity index (χ1) is 7.24. The summed E-state index contributed by atoms with van der Waals surface area (Å²) in [5.74, 6) is 7.52. The summed E-state index contributed by atoms with van der Waals surface area (Å²) in [5, 5.41) is 0. The topological polar surface area (TPSA) is 0 Å². The quantitative estimate of drug-likeness (QED) is 0.416. The van der Waals surface area contributed by atoms with Crippen LogP contribution >= 0.6 is 0 Å². The summed E-state index contributed by atoms with van der Waals surface area (Å²) in [6, 6.07) is 0. The third-order valence-electron chi connectivity index (χ3n) is 1.27. The van der Waals surface area contributed by atoms with Gasteiger partial charge in [-0.15, -0.1) is 37.0 Å². The zero-order valence-corrected chi connectivity index (χ0v) is 10.5. The molecule has 0 amide bonds. The van der Waals surface area contributed by atoms with Gasteiger partial charge in [-0.05, 0) is 12.8 Å². The van der Waals surface area contributed by atoms with Crippen molar-refractivity contribution in [2.75, 3.05) is 0 Å². The van der Waals surface area contributed by atoms with E-state index < -0.39 is 0 Å². The number of hydrogen-bond donors (Lipinski definition) is 0. The Kier molecular flexibility index (Phi) is 114. The molecule has 0 fully saturated rings. The van der Waals surface area contributed by atoms with Crippen molar-refractivity contribution in [1.29, 1.82) is 0 Å². The average molecular weight is 252 g/mol. The number of unbranched alkanes of at least 4 members (excludes halogenated alkanes) is 3. The van der Waals surface area contributed by atoms with Gasteiger partial charge in [0, 0.05) is 19.3 Å². The second kappa shape index (κ2) is 57.3. The monoisotopic (exact) mass is 252 g/mol. The maximum absolute atomic E-state index is 4.96.